The number of hydrogen-bond donors (Lipinski definition) is 3. The summed E-state index contributed by atoms with van der Waals surface area (Å²) in [7, 11) is 0. The largest absolute Gasteiger partial charge is 0.326 e. The second kappa shape index (κ2) is 8.09. The van der Waals surface area contributed by atoms with Gasteiger partial charge >= 0.3 is 0 Å². The molecule has 1 aromatic heterocycles. The Morgan fingerprint density at radius 1 is 0.889 bits per heavy atom. The monoisotopic (exact) mass is 361 g/mol. The lowest BCUT2D eigenvalue weighted by molar-refractivity contribution is -0.114. The highest BCUT2D eigenvalue weighted by Gasteiger charge is 2.09. The summed E-state index contributed by atoms with van der Waals surface area (Å²) in [4.78, 5) is 31.9. The zero-order valence-corrected chi connectivity index (χ0v) is 15.0. The number of rotatable bonds is 5. The molecule has 0 spiro atoms. The molecule has 2 aromatic carbocycles. The highest BCUT2D eigenvalue weighted by atomic mass is 16.2. The molecule has 136 valence electrons. The van der Waals surface area contributed by atoms with Crippen molar-refractivity contribution < 1.29 is 9.59 Å². The number of carbonyl (C=O) groups is 2. The van der Waals surface area contributed by atoms with E-state index in [1.54, 1.807) is 24.3 Å². The molecule has 0 unspecified atom stereocenters. The average Bonchev–Trinajstić information content (AvgIpc) is 2.64. The molecule has 3 rings (SSSR count). The van der Waals surface area contributed by atoms with Gasteiger partial charge in [0.05, 0.1) is 5.56 Å². The SMILES string of the molecule is CC(=O)Nc1cccc(NC(=O)c2cnc(Nc3ccccc3C)nc2)c1. The first kappa shape index (κ1) is 18.1. The minimum atomic E-state index is -0.336. The van der Waals surface area contributed by atoms with Gasteiger partial charge in [-0.25, -0.2) is 9.97 Å². The van der Waals surface area contributed by atoms with E-state index in [-0.39, 0.29) is 11.8 Å². The molecule has 0 aliphatic rings. The van der Waals surface area contributed by atoms with E-state index in [0.717, 1.165) is 11.3 Å². The average molecular weight is 361 g/mol. The molecule has 3 aromatic rings. The molecule has 0 saturated carbocycles. The van der Waals surface area contributed by atoms with Crippen molar-refractivity contribution in [1.29, 1.82) is 0 Å². The molecular weight excluding hydrogens is 342 g/mol. The van der Waals surface area contributed by atoms with Gasteiger partial charge in [0.1, 0.15) is 0 Å². The number of amides is 2. The summed E-state index contributed by atoms with van der Waals surface area (Å²) in [5, 5.41) is 8.55. The Labute approximate surface area is 156 Å². The first-order valence-electron chi connectivity index (χ1n) is 8.35. The van der Waals surface area contributed by atoms with Crippen LogP contribution in [0, 0.1) is 6.92 Å². The maximum atomic E-state index is 12.4. The van der Waals surface area contributed by atoms with Crippen LogP contribution in [0.5, 0.6) is 0 Å². The molecule has 3 N–H and O–H groups in total. The van der Waals surface area contributed by atoms with Crippen LogP contribution in [0.3, 0.4) is 0 Å². The third-order valence-electron chi connectivity index (χ3n) is 3.75. The van der Waals surface area contributed by atoms with Crippen LogP contribution in [0.1, 0.15) is 22.8 Å². The quantitative estimate of drug-likeness (QED) is 0.643. The van der Waals surface area contributed by atoms with Crippen LogP contribution >= 0.6 is 0 Å². The van der Waals surface area contributed by atoms with Crippen molar-refractivity contribution in [3.8, 4) is 0 Å². The van der Waals surface area contributed by atoms with E-state index in [9.17, 15) is 9.59 Å². The minimum Gasteiger partial charge on any atom is -0.326 e. The maximum absolute atomic E-state index is 12.4. The zero-order chi connectivity index (χ0) is 19.2. The number of benzene rings is 2. The van der Waals surface area contributed by atoms with Gasteiger partial charge in [-0.15, -0.1) is 0 Å². The minimum absolute atomic E-state index is 0.177. The second-order valence-corrected chi connectivity index (χ2v) is 5.95. The Morgan fingerprint density at radius 3 is 2.22 bits per heavy atom. The predicted molar refractivity (Wildman–Crippen MR) is 105 cm³/mol. The van der Waals surface area contributed by atoms with Crippen molar-refractivity contribution in [2.45, 2.75) is 13.8 Å². The lowest BCUT2D eigenvalue weighted by Crippen LogP contribution is -2.13. The highest BCUT2D eigenvalue weighted by molar-refractivity contribution is 6.04. The van der Waals surface area contributed by atoms with Crippen LogP contribution < -0.4 is 16.0 Å². The van der Waals surface area contributed by atoms with E-state index in [1.807, 2.05) is 31.2 Å². The molecule has 7 nitrogen and oxygen atoms in total. The van der Waals surface area contributed by atoms with Crippen LogP contribution in [0.4, 0.5) is 23.0 Å². The Kier molecular flexibility index (Phi) is 5.41. The number of nitrogens with one attached hydrogen (secondary N) is 3. The summed E-state index contributed by atoms with van der Waals surface area (Å²) in [6, 6.07) is 14.7. The van der Waals surface area contributed by atoms with Crippen molar-refractivity contribution in [3.05, 3.63) is 72.1 Å². The molecule has 2 amide bonds. The van der Waals surface area contributed by atoms with Crippen molar-refractivity contribution in [2.75, 3.05) is 16.0 Å². The fourth-order valence-electron chi connectivity index (χ4n) is 2.42. The zero-order valence-electron chi connectivity index (χ0n) is 15.0. The van der Waals surface area contributed by atoms with Gasteiger partial charge in [0.15, 0.2) is 0 Å². The van der Waals surface area contributed by atoms with Gasteiger partial charge in [-0.05, 0) is 36.8 Å². The molecule has 0 atom stereocenters. The predicted octanol–water partition coefficient (Wildman–Crippen LogP) is 3.74. The lowest BCUT2D eigenvalue weighted by Gasteiger charge is -2.09. The molecule has 0 saturated heterocycles. The number of para-hydroxylation sites is 1. The van der Waals surface area contributed by atoms with Gasteiger partial charge in [-0.1, -0.05) is 24.3 Å². The Bertz CT molecular complexity index is 970. The fourth-order valence-corrected chi connectivity index (χ4v) is 2.42. The van der Waals surface area contributed by atoms with Crippen LogP contribution in [0.25, 0.3) is 0 Å². The van der Waals surface area contributed by atoms with Gasteiger partial charge in [-0.2, -0.15) is 0 Å². The van der Waals surface area contributed by atoms with Crippen LogP contribution in [0.2, 0.25) is 0 Å². The van der Waals surface area contributed by atoms with Crippen LogP contribution in [0.15, 0.2) is 60.9 Å². The summed E-state index contributed by atoms with van der Waals surface area (Å²) in [6.45, 7) is 3.41. The smallest absolute Gasteiger partial charge is 0.258 e. The normalized spacial score (nSPS) is 10.1. The molecular formula is C20H19N5O2. The van der Waals surface area contributed by atoms with E-state index in [4.69, 9.17) is 0 Å². The van der Waals surface area contributed by atoms with Crippen molar-refractivity contribution in [2.24, 2.45) is 0 Å². The number of anilines is 4. The van der Waals surface area contributed by atoms with Gasteiger partial charge < -0.3 is 16.0 Å². The van der Waals surface area contributed by atoms with Crippen molar-refractivity contribution in [1.82, 2.24) is 9.97 Å². The number of aromatic nitrogens is 2. The molecule has 0 aliphatic heterocycles. The Balaban J connectivity index is 1.67. The van der Waals surface area contributed by atoms with Crippen LogP contribution in [-0.4, -0.2) is 21.8 Å². The van der Waals surface area contributed by atoms with E-state index < -0.39 is 0 Å². The standard InChI is InChI=1S/C20H19N5O2/c1-13-6-3-4-9-18(13)25-20-21-11-15(12-22-20)19(27)24-17-8-5-7-16(10-17)23-14(2)26/h3-12H,1-2H3,(H,23,26)(H,24,27)(H,21,22,25). The Hall–Kier alpha value is -3.74. The topological polar surface area (TPSA) is 96.0 Å². The molecule has 0 fully saturated rings. The Morgan fingerprint density at radius 2 is 1.56 bits per heavy atom. The summed E-state index contributed by atoms with van der Waals surface area (Å²) in [6.07, 6.45) is 2.92. The first-order chi connectivity index (χ1) is 13.0. The van der Waals surface area contributed by atoms with E-state index in [2.05, 4.69) is 25.9 Å². The molecule has 0 radical (unpaired) electrons. The van der Waals surface area contributed by atoms with Crippen molar-refractivity contribution in [3.63, 3.8) is 0 Å². The van der Waals surface area contributed by atoms with E-state index in [0.29, 0.717) is 22.9 Å². The van der Waals surface area contributed by atoms with Crippen LogP contribution in [-0.2, 0) is 4.79 Å². The summed E-state index contributed by atoms with van der Waals surface area (Å²) in [5.74, 6) is -0.102. The second-order valence-electron chi connectivity index (χ2n) is 5.95. The number of nitrogens with zero attached hydrogens (tertiary/aromatic N) is 2. The summed E-state index contributed by atoms with van der Waals surface area (Å²) >= 11 is 0. The number of aryl methyl sites for hydroxylation is 1. The van der Waals surface area contributed by atoms with Gasteiger partial charge in [-0.3, -0.25) is 9.59 Å². The summed E-state index contributed by atoms with van der Waals surface area (Å²) in [5.41, 5.74) is 3.48. The third kappa shape index (κ3) is 4.88. The third-order valence-corrected chi connectivity index (χ3v) is 3.75. The first-order valence-corrected chi connectivity index (χ1v) is 8.35. The molecule has 7 heteroatoms. The summed E-state index contributed by atoms with van der Waals surface area (Å²) < 4.78 is 0. The van der Waals surface area contributed by atoms with Gasteiger partial charge in [0, 0.05) is 36.4 Å². The van der Waals surface area contributed by atoms with E-state index >= 15 is 0 Å². The van der Waals surface area contributed by atoms with Gasteiger partial charge in [0.2, 0.25) is 11.9 Å². The number of hydrogen-bond acceptors (Lipinski definition) is 5. The van der Waals surface area contributed by atoms with Crippen molar-refractivity contribution >= 4 is 34.8 Å². The molecule has 0 bridgehead atoms. The molecule has 27 heavy (non-hydrogen) atoms. The van der Waals surface area contributed by atoms with Gasteiger partial charge in [0.25, 0.3) is 5.91 Å². The fraction of sp³-hybridized carbons (Fsp3) is 0.100. The molecule has 1 heterocycles. The lowest BCUT2D eigenvalue weighted by atomic mass is 10.2. The maximum Gasteiger partial charge on any atom is 0.258 e. The highest BCUT2D eigenvalue weighted by Crippen LogP contribution is 2.18. The van der Waals surface area contributed by atoms with E-state index in [1.165, 1.54) is 19.3 Å². The molecule has 0 aliphatic carbocycles. The number of carbonyl (C=O) groups excluding carboxylic acids is 2.